The molecule has 1 aliphatic rings. The first-order chi connectivity index (χ1) is 9.20. The fourth-order valence-electron chi connectivity index (χ4n) is 2.67. The summed E-state index contributed by atoms with van der Waals surface area (Å²) in [4.78, 5) is 1.89. The minimum Gasteiger partial charge on any atom is -0.356 e. The monoisotopic (exact) mass is 260 g/mol. The Balaban J connectivity index is 2.05. The SMILES string of the molecule is NCC1c2cc(F)ccc2CN1c1ccccc1F. The Morgan fingerprint density at radius 3 is 2.68 bits per heavy atom. The number of nitrogens with zero attached hydrogens (tertiary/aromatic N) is 1. The molecule has 2 N–H and O–H groups in total. The van der Waals surface area contributed by atoms with Crippen LogP contribution in [0.25, 0.3) is 0 Å². The van der Waals surface area contributed by atoms with Gasteiger partial charge in [0.1, 0.15) is 11.6 Å². The Hall–Kier alpha value is -1.94. The van der Waals surface area contributed by atoms with E-state index < -0.39 is 0 Å². The van der Waals surface area contributed by atoms with E-state index in [0.717, 1.165) is 11.1 Å². The minimum absolute atomic E-state index is 0.178. The molecular formula is C15H14F2N2. The van der Waals surface area contributed by atoms with Gasteiger partial charge < -0.3 is 10.6 Å². The Morgan fingerprint density at radius 1 is 1.16 bits per heavy atom. The van der Waals surface area contributed by atoms with Crippen molar-refractivity contribution in [3.05, 3.63) is 65.2 Å². The van der Waals surface area contributed by atoms with Crippen LogP contribution in [0.2, 0.25) is 0 Å². The van der Waals surface area contributed by atoms with E-state index >= 15 is 0 Å². The van der Waals surface area contributed by atoms with E-state index in [-0.39, 0.29) is 17.7 Å². The average Bonchev–Trinajstić information content (AvgIpc) is 2.76. The molecule has 2 aromatic carbocycles. The number of nitrogens with two attached hydrogens (primary N) is 1. The van der Waals surface area contributed by atoms with Crippen molar-refractivity contribution < 1.29 is 8.78 Å². The number of anilines is 1. The highest BCUT2D eigenvalue weighted by Gasteiger charge is 2.30. The highest BCUT2D eigenvalue weighted by molar-refractivity contribution is 5.55. The third-order valence-electron chi connectivity index (χ3n) is 3.57. The fraction of sp³-hybridized carbons (Fsp3) is 0.200. The average molecular weight is 260 g/mol. The third-order valence-corrected chi connectivity index (χ3v) is 3.57. The van der Waals surface area contributed by atoms with Crippen molar-refractivity contribution >= 4 is 5.69 Å². The molecule has 0 amide bonds. The molecule has 0 fully saturated rings. The minimum atomic E-state index is -0.285. The van der Waals surface area contributed by atoms with E-state index in [1.54, 1.807) is 24.3 Å². The van der Waals surface area contributed by atoms with Crippen LogP contribution in [0.4, 0.5) is 14.5 Å². The molecule has 98 valence electrons. The summed E-state index contributed by atoms with van der Waals surface area (Å²) in [5, 5.41) is 0. The number of fused-ring (bicyclic) bond motifs is 1. The molecule has 0 spiro atoms. The van der Waals surface area contributed by atoms with Gasteiger partial charge in [0, 0.05) is 13.1 Å². The second-order valence-electron chi connectivity index (χ2n) is 4.67. The summed E-state index contributed by atoms with van der Waals surface area (Å²) in [7, 11) is 0. The van der Waals surface area contributed by atoms with Crippen molar-refractivity contribution in [3.63, 3.8) is 0 Å². The van der Waals surface area contributed by atoms with E-state index in [1.807, 2.05) is 4.90 Å². The number of halogens is 2. The predicted molar refractivity (Wildman–Crippen MR) is 70.8 cm³/mol. The van der Waals surface area contributed by atoms with E-state index in [4.69, 9.17) is 5.73 Å². The number of rotatable bonds is 2. The summed E-state index contributed by atoms with van der Waals surface area (Å²) in [6, 6.07) is 11.1. The summed E-state index contributed by atoms with van der Waals surface area (Å²) in [5.41, 5.74) is 8.15. The maximum atomic E-state index is 13.9. The van der Waals surface area contributed by atoms with Gasteiger partial charge in [0.25, 0.3) is 0 Å². The Labute approximate surface area is 110 Å². The van der Waals surface area contributed by atoms with Gasteiger partial charge in [-0.1, -0.05) is 18.2 Å². The van der Waals surface area contributed by atoms with Gasteiger partial charge in [-0.2, -0.15) is 0 Å². The molecule has 4 heteroatoms. The van der Waals surface area contributed by atoms with Crippen LogP contribution >= 0.6 is 0 Å². The molecule has 0 aromatic heterocycles. The third kappa shape index (κ3) is 1.98. The highest BCUT2D eigenvalue weighted by Crippen LogP contribution is 2.38. The second-order valence-corrected chi connectivity index (χ2v) is 4.67. The first-order valence-corrected chi connectivity index (χ1v) is 6.20. The van der Waals surface area contributed by atoms with Gasteiger partial charge in [0.05, 0.1) is 11.7 Å². The summed E-state index contributed by atoms with van der Waals surface area (Å²) < 4.78 is 27.2. The van der Waals surface area contributed by atoms with E-state index in [2.05, 4.69) is 0 Å². The van der Waals surface area contributed by atoms with Crippen molar-refractivity contribution in [2.45, 2.75) is 12.6 Å². The zero-order valence-corrected chi connectivity index (χ0v) is 10.3. The first-order valence-electron chi connectivity index (χ1n) is 6.20. The fourth-order valence-corrected chi connectivity index (χ4v) is 2.67. The summed E-state index contributed by atoms with van der Waals surface area (Å²) in [6.45, 7) is 0.878. The maximum absolute atomic E-state index is 13.9. The predicted octanol–water partition coefficient (Wildman–Crippen LogP) is 2.98. The van der Waals surface area contributed by atoms with Crippen LogP contribution < -0.4 is 10.6 Å². The van der Waals surface area contributed by atoms with Crippen LogP contribution in [0.5, 0.6) is 0 Å². The molecule has 0 saturated heterocycles. The van der Waals surface area contributed by atoms with Gasteiger partial charge in [0.2, 0.25) is 0 Å². The molecule has 1 heterocycles. The van der Waals surface area contributed by atoms with Crippen molar-refractivity contribution in [2.24, 2.45) is 5.73 Å². The number of benzene rings is 2. The number of para-hydroxylation sites is 1. The van der Waals surface area contributed by atoms with Crippen LogP contribution in [-0.4, -0.2) is 6.54 Å². The van der Waals surface area contributed by atoms with Crippen LogP contribution in [0.1, 0.15) is 17.2 Å². The standard InChI is InChI=1S/C15H14F2N2/c16-11-6-5-10-9-19(15(8-18)12(10)7-11)14-4-2-1-3-13(14)17/h1-7,15H,8-9,18H2. The first kappa shape index (κ1) is 12.1. The molecule has 0 aliphatic carbocycles. The zero-order valence-electron chi connectivity index (χ0n) is 10.3. The summed E-state index contributed by atoms with van der Waals surface area (Å²) >= 11 is 0. The molecule has 3 rings (SSSR count). The van der Waals surface area contributed by atoms with Crippen LogP contribution in [0, 0.1) is 11.6 Å². The molecule has 1 aliphatic heterocycles. The number of hydrogen-bond acceptors (Lipinski definition) is 2. The largest absolute Gasteiger partial charge is 0.356 e. The van der Waals surface area contributed by atoms with Crippen LogP contribution in [0.15, 0.2) is 42.5 Å². The molecule has 0 radical (unpaired) electrons. The molecular weight excluding hydrogens is 246 g/mol. The van der Waals surface area contributed by atoms with E-state index in [1.165, 1.54) is 18.2 Å². The molecule has 0 saturated carbocycles. The van der Waals surface area contributed by atoms with Crippen molar-refractivity contribution in [1.29, 1.82) is 0 Å². The summed E-state index contributed by atoms with van der Waals surface area (Å²) in [6.07, 6.45) is 0. The Morgan fingerprint density at radius 2 is 1.95 bits per heavy atom. The highest BCUT2D eigenvalue weighted by atomic mass is 19.1. The van der Waals surface area contributed by atoms with Gasteiger partial charge in [0.15, 0.2) is 0 Å². The molecule has 2 aromatic rings. The normalized spacial score (nSPS) is 17.6. The Kier molecular flexibility index (Phi) is 2.95. The van der Waals surface area contributed by atoms with E-state index in [0.29, 0.717) is 18.8 Å². The lowest BCUT2D eigenvalue weighted by Gasteiger charge is -2.26. The van der Waals surface area contributed by atoms with Crippen molar-refractivity contribution in [1.82, 2.24) is 0 Å². The lowest BCUT2D eigenvalue weighted by atomic mass is 10.0. The molecule has 19 heavy (non-hydrogen) atoms. The van der Waals surface area contributed by atoms with Gasteiger partial charge in [-0.05, 0) is 35.4 Å². The van der Waals surface area contributed by atoms with Gasteiger partial charge in [-0.15, -0.1) is 0 Å². The van der Waals surface area contributed by atoms with Crippen LogP contribution in [0.3, 0.4) is 0 Å². The van der Waals surface area contributed by atoms with Gasteiger partial charge in [-0.25, -0.2) is 8.78 Å². The Bertz CT molecular complexity index is 613. The molecule has 0 bridgehead atoms. The molecule has 1 atom stereocenters. The van der Waals surface area contributed by atoms with Gasteiger partial charge in [-0.3, -0.25) is 0 Å². The van der Waals surface area contributed by atoms with Crippen molar-refractivity contribution in [2.75, 3.05) is 11.4 Å². The lowest BCUT2D eigenvalue weighted by molar-refractivity contribution is 0.597. The zero-order chi connectivity index (χ0) is 13.4. The van der Waals surface area contributed by atoms with E-state index in [9.17, 15) is 8.78 Å². The summed E-state index contributed by atoms with van der Waals surface area (Å²) in [5.74, 6) is -0.568. The molecule has 2 nitrogen and oxygen atoms in total. The maximum Gasteiger partial charge on any atom is 0.146 e. The topological polar surface area (TPSA) is 29.3 Å². The smallest absolute Gasteiger partial charge is 0.146 e. The lowest BCUT2D eigenvalue weighted by Crippen LogP contribution is -2.28. The quantitative estimate of drug-likeness (QED) is 0.899. The molecule has 1 unspecified atom stereocenters. The second kappa shape index (κ2) is 4.63. The van der Waals surface area contributed by atoms with Gasteiger partial charge >= 0.3 is 0 Å². The number of hydrogen-bond donors (Lipinski definition) is 1. The van der Waals surface area contributed by atoms with Crippen molar-refractivity contribution in [3.8, 4) is 0 Å². The van der Waals surface area contributed by atoms with Crippen LogP contribution in [-0.2, 0) is 6.54 Å².